The molecular formula is C18H20FN. The van der Waals surface area contributed by atoms with Crippen LogP contribution in [-0.4, -0.2) is 6.04 Å². The van der Waals surface area contributed by atoms with Gasteiger partial charge in [0.25, 0.3) is 0 Å². The topological polar surface area (TPSA) is 12.0 Å². The number of anilines is 1. The Hall–Kier alpha value is -1.83. The first-order valence-electron chi connectivity index (χ1n) is 7.21. The van der Waals surface area contributed by atoms with E-state index < -0.39 is 0 Å². The molecule has 2 aromatic carbocycles. The Morgan fingerprint density at radius 3 is 2.30 bits per heavy atom. The van der Waals surface area contributed by atoms with Gasteiger partial charge in [-0.3, -0.25) is 0 Å². The van der Waals surface area contributed by atoms with Crippen LogP contribution in [0.5, 0.6) is 0 Å². The fourth-order valence-corrected chi connectivity index (χ4v) is 2.81. The SMILES string of the molecule is Cc1ccc(NC2CC(c3ccc(F)cc3)C2)cc1C. The molecule has 0 spiro atoms. The lowest BCUT2D eigenvalue weighted by molar-refractivity contribution is 0.374. The molecule has 3 rings (SSSR count). The molecule has 104 valence electrons. The van der Waals surface area contributed by atoms with Crippen molar-refractivity contribution in [3.63, 3.8) is 0 Å². The van der Waals surface area contributed by atoms with Gasteiger partial charge in [0.15, 0.2) is 0 Å². The second-order valence-electron chi connectivity index (χ2n) is 5.86. The van der Waals surface area contributed by atoms with Crippen molar-refractivity contribution >= 4 is 5.69 Å². The van der Waals surface area contributed by atoms with Crippen molar-refractivity contribution in [1.29, 1.82) is 0 Å². The average Bonchev–Trinajstić information content (AvgIpc) is 2.39. The molecule has 0 saturated heterocycles. The summed E-state index contributed by atoms with van der Waals surface area (Å²) in [5.74, 6) is 0.414. The second-order valence-corrected chi connectivity index (χ2v) is 5.86. The monoisotopic (exact) mass is 269 g/mol. The lowest BCUT2D eigenvalue weighted by Gasteiger charge is -2.37. The molecule has 0 aliphatic heterocycles. The molecule has 0 radical (unpaired) electrons. The summed E-state index contributed by atoms with van der Waals surface area (Å²) in [6.07, 6.45) is 2.25. The zero-order valence-corrected chi connectivity index (χ0v) is 12.0. The quantitative estimate of drug-likeness (QED) is 0.844. The first kappa shape index (κ1) is 13.2. The van der Waals surface area contributed by atoms with Gasteiger partial charge in [0.2, 0.25) is 0 Å². The van der Waals surface area contributed by atoms with E-state index in [1.54, 1.807) is 12.1 Å². The number of benzene rings is 2. The average molecular weight is 269 g/mol. The van der Waals surface area contributed by atoms with Crippen LogP contribution >= 0.6 is 0 Å². The normalized spacial score (nSPS) is 21.4. The molecule has 1 saturated carbocycles. The van der Waals surface area contributed by atoms with Gasteiger partial charge in [0.05, 0.1) is 0 Å². The summed E-state index contributed by atoms with van der Waals surface area (Å²) in [4.78, 5) is 0. The van der Waals surface area contributed by atoms with Crippen LogP contribution < -0.4 is 5.32 Å². The first-order valence-corrected chi connectivity index (χ1v) is 7.21. The minimum atomic E-state index is -0.155. The van der Waals surface area contributed by atoms with Crippen LogP contribution in [0.3, 0.4) is 0 Å². The van der Waals surface area contributed by atoms with E-state index in [1.165, 1.54) is 22.4 Å². The van der Waals surface area contributed by atoms with Crippen LogP contribution in [-0.2, 0) is 0 Å². The molecule has 0 amide bonds. The summed E-state index contributed by atoms with van der Waals surface area (Å²) in [6.45, 7) is 4.27. The number of hydrogen-bond acceptors (Lipinski definition) is 1. The lowest BCUT2D eigenvalue weighted by atomic mass is 9.76. The summed E-state index contributed by atoms with van der Waals surface area (Å²) < 4.78 is 12.9. The zero-order valence-electron chi connectivity index (χ0n) is 12.0. The highest BCUT2D eigenvalue weighted by molar-refractivity contribution is 5.49. The molecule has 0 unspecified atom stereocenters. The van der Waals surface area contributed by atoms with Gasteiger partial charge in [0.1, 0.15) is 5.82 Å². The fourth-order valence-electron chi connectivity index (χ4n) is 2.81. The second kappa shape index (κ2) is 5.28. The molecule has 1 N–H and O–H groups in total. The fraction of sp³-hybridized carbons (Fsp3) is 0.333. The van der Waals surface area contributed by atoms with Gasteiger partial charge in [-0.15, -0.1) is 0 Å². The largest absolute Gasteiger partial charge is 0.382 e. The zero-order chi connectivity index (χ0) is 14.1. The van der Waals surface area contributed by atoms with E-state index in [1.807, 2.05) is 12.1 Å². The standard InChI is InChI=1S/C18H20FN/c1-12-3-8-17(9-13(12)2)20-18-10-15(11-18)14-4-6-16(19)7-5-14/h3-9,15,18,20H,10-11H2,1-2H3. The summed E-state index contributed by atoms with van der Waals surface area (Å²) >= 11 is 0. The highest BCUT2D eigenvalue weighted by atomic mass is 19.1. The van der Waals surface area contributed by atoms with E-state index in [0.717, 1.165) is 12.8 Å². The van der Waals surface area contributed by atoms with Crippen LogP contribution in [0.1, 0.15) is 35.4 Å². The van der Waals surface area contributed by atoms with Crippen molar-refractivity contribution in [3.05, 3.63) is 65.0 Å². The Morgan fingerprint density at radius 1 is 0.950 bits per heavy atom. The van der Waals surface area contributed by atoms with E-state index in [2.05, 4.69) is 37.4 Å². The van der Waals surface area contributed by atoms with Gasteiger partial charge in [-0.25, -0.2) is 4.39 Å². The Bertz CT molecular complexity index is 597. The summed E-state index contributed by atoms with van der Waals surface area (Å²) in [5, 5.41) is 3.58. The van der Waals surface area contributed by atoms with Gasteiger partial charge in [-0.1, -0.05) is 18.2 Å². The predicted octanol–water partition coefficient (Wildman–Crippen LogP) is 4.80. The van der Waals surface area contributed by atoms with Gasteiger partial charge >= 0.3 is 0 Å². The third-order valence-corrected chi connectivity index (χ3v) is 4.36. The molecule has 1 aliphatic carbocycles. The van der Waals surface area contributed by atoms with Gasteiger partial charge in [-0.05, 0) is 73.6 Å². The van der Waals surface area contributed by atoms with E-state index in [-0.39, 0.29) is 5.82 Å². The van der Waals surface area contributed by atoms with E-state index in [0.29, 0.717) is 12.0 Å². The minimum Gasteiger partial charge on any atom is -0.382 e. The maximum Gasteiger partial charge on any atom is 0.123 e. The van der Waals surface area contributed by atoms with Crippen molar-refractivity contribution in [1.82, 2.24) is 0 Å². The van der Waals surface area contributed by atoms with Gasteiger partial charge < -0.3 is 5.32 Å². The number of rotatable bonds is 3. The number of halogens is 1. The third-order valence-electron chi connectivity index (χ3n) is 4.36. The molecule has 0 heterocycles. The summed E-state index contributed by atoms with van der Waals surface area (Å²) in [6, 6.07) is 14.0. The molecule has 0 atom stereocenters. The molecule has 2 aromatic rings. The summed E-state index contributed by atoms with van der Waals surface area (Å²) in [5.41, 5.74) is 5.11. The molecule has 0 aromatic heterocycles. The van der Waals surface area contributed by atoms with E-state index in [9.17, 15) is 4.39 Å². The van der Waals surface area contributed by atoms with Crippen LogP contribution in [0.4, 0.5) is 10.1 Å². The Kier molecular flexibility index (Phi) is 3.47. The highest BCUT2D eigenvalue weighted by Crippen LogP contribution is 2.38. The first-order chi connectivity index (χ1) is 9.61. The van der Waals surface area contributed by atoms with Crippen molar-refractivity contribution in [2.24, 2.45) is 0 Å². The minimum absolute atomic E-state index is 0.155. The van der Waals surface area contributed by atoms with E-state index in [4.69, 9.17) is 0 Å². The summed E-state index contributed by atoms with van der Waals surface area (Å²) in [7, 11) is 0. The molecule has 1 fully saturated rings. The lowest BCUT2D eigenvalue weighted by Crippen LogP contribution is -2.34. The van der Waals surface area contributed by atoms with Crippen LogP contribution in [0, 0.1) is 19.7 Å². The molecule has 1 aliphatic rings. The molecular weight excluding hydrogens is 249 g/mol. The number of hydrogen-bond donors (Lipinski definition) is 1. The smallest absolute Gasteiger partial charge is 0.123 e. The molecule has 0 bridgehead atoms. The number of nitrogens with one attached hydrogen (secondary N) is 1. The van der Waals surface area contributed by atoms with Gasteiger partial charge in [0, 0.05) is 11.7 Å². The van der Waals surface area contributed by atoms with E-state index >= 15 is 0 Å². The predicted molar refractivity (Wildman–Crippen MR) is 81.7 cm³/mol. The van der Waals surface area contributed by atoms with Crippen LogP contribution in [0.25, 0.3) is 0 Å². The maximum absolute atomic E-state index is 12.9. The van der Waals surface area contributed by atoms with Crippen molar-refractivity contribution in [3.8, 4) is 0 Å². The van der Waals surface area contributed by atoms with Crippen molar-refractivity contribution in [2.45, 2.75) is 38.6 Å². The van der Waals surface area contributed by atoms with Crippen LogP contribution in [0.15, 0.2) is 42.5 Å². The number of aryl methyl sites for hydroxylation is 2. The van der Waals surface area contributed by atoms with Crippen molar-refractivity contribution < 1.29 is 4.39 Å². The highest BCUT2D eigenvalue weighted by Gasteiger charge is 2.30. The molecule has 20 heavy (non-hydrogen) atoms. The maximum atomic E-state index is 12.9. The Balaban J connectivity index is 1.58. The molecule has 2 heteroatoms. The van der Waals surface area contributed by atoms with Crippen molar-refractivity contribution in [2.75, 3.05) is 5.32 Å². The molecule has 1 nitrogen and oxygen atoms in total. The Morgan fingerprint density at radius 2 is 1.65 bits per heavy atom. The third kappa shape index (κ3) is 2.69. The Labute approximate surface area is 119 Å². The van der Waals surface area contributed by atoms with Crippen LogP contribution in [0.2, 0.25) is 0 Å². The van der Waals surface area contributed by atoms with Gasteiger partial charge in [-0.2, -0.15) is 0 Å².